The van der Waals surface area contributed by atoms with Gasteiger partial charge >= 0.3 is 6.09 Å². The Balaban J connectivity index is 1.19. The number of sulfonamides is 1. The van der Waals surface area contributed by atoms with E-state index in [1.165, 1.54) is 23.5 Å². The second-order valence-corrected chi connectivity index (χ2v) is 13.7. The smallest absolute Gasteiger partial charge is 0.407 e. The van der Waals surface area contributed by atoms with Crippen LogP contribution in [0.3, 0.4) is 0 Å². The molecule has 6 rings (SSSR count). The number of rotatable bonds is 12. The number of fused-ring (bicyclic) bond motifs is 1. The Kier molecular flexibility index (Phi) is 8.71. The maximum Gasteiger partial charge on any atom is 0.407 e. The number of hydrogen-bond acceptors (Lipinski definition) is 9. The third kappa shape index (κ3) is 6.15. The van der Waals surface area contributed by atoms with Crippen LogP contribution in [-0.4, -0.2) is 95.0 Å². The number of nitrogens with one attached hydrogen (secondary N) is 2. The van der Waals surface area contributed by atoms with Crippen molar-refractivity contribution in [1.29, 1.82) is 0 Å². The number of carbonyl (C=O) groups excluding carboxylic acids is 1. The van der Waals surface area contributed by atoms with Crippen LogP contribution in [-0.2, 0) is 30.7 Å². The van der Waals surface area contributed by atoms with E-state index in [9.17, 15) is 18.3 Å². The summed E-state index contributed by atoms with van der Waals surface area (Å²) in [5.41, 5.74) is 0.895. The van der Waals surface area contributed by atoms with Crippen LogP contribution in [0.2, 0.25) is 0 Å². The van der Waals surface area contributed by atoms with E-state index in [1.807, 2.05) is 30.3 Å². The number of carbonyl (C=O) groups is 1. The van der Waals surface area contributed by atoms with E-state index < -0.39 is 28.3 Å². The fraction of sp³-hybridized carbons (Fsp3) is 0.567. The zero-order valence-corrected chi connectivity index (χ0v) is 24.4. The molecule has 11 nitrogen and oxygen atoms in total. The van der Waals surface area contributed by atoms with Gasteiger partial charge in [-0.05, 0) is 48.6 Å². The molecule has 1 saturated carbocycles. The number of aliphatic hydroxyl groups excluding tert-OH is 1. The number of aliphatic hydroxyl groups is 1. The van der Waals surface area contributed by atoms with Crippen LogP contribution in [0.5, 0.6) is 5.75 Å². The van der Waals surface area contributed by atoms with Gasteiger partial charge in [0.1, 0.15) is 11.9 Å². The molecule has 4 aliphatic rings. The van der Waals surface area contributed by atoms with Gasteiger partial charge in [-0.2, -0.15) is 4.31 Å². The Hall–Kier alpha value is -2.74. The van der Waals surface area contributed by atoms with Gasteiger partial charge in [-0.25, -0.2) is 13.2 Å². The van der Waals surface area contributed by atoms with E-state index in [-0.39, 0.29) is 54.1 Å². The first kappa shape index (κ1) is 29.3. The molecule has 7 unspecified atom stereocenters. The number of benzene rings is 2. The highest BCUT2D eigenvalue weighted by atomic mass is 32.2. The molecule has 42 heavy (non-hydrogen) atoms. The molecule has 0 radical (unpaired) electrons. The van der Waals surface area contributed by atoms with E-state index in [2.05, 4.69) is 10.6 Å². The van der Waals surface area contributed by atoms with Crippen molar-refractivity contribution in [3.63, 3.8) is 0 Å². The topological polar surface area (TPSA) is 136 Å². The Morgan fingerprint density at radius 1 is 1.10 bits per heavy atom. The minimum Gasteiger partial charge on any atom is -0.497 e. The minimum atomic E-state index is -3.94. The van der Waals surface area contributed by atoms with E-state index in [0.717, 1.165) is 12.0 Å². The maximum absolute atomic E-state index is 13.8. The van der Waals surface area contributed by atoms with E-state index in [4.69, 9.17) is 18.9 Å². The van der Waals surface area contributed by atoms with E-state index in [0.29, 0.717) is 38.5 Å². The van der Waals surface area contributed by atoms with Crippen LogP contribution in [0.4, 0.5) is 4.79 Å². The van der Waals surface area contributed by atoms with Crippen LogP contribution in [0.1, 0.15) is 12.0 Å². The molecule has 3 aliphatic heterocycles. The first-order valence-corrected chi connectivity index (χ1v) is 16.0. The molecule has 4 fully saturated rings. The number of nitrogens with zero attached hydrogens (tertiary/aromatic N) is 1. The van der Waals surface area contributed by atoms with Crippen LogP contribution >= 0.6 is 0 Å². The molecule has 0 spiro atoms. The third-order valence-corrected chi connectivity index (χ3v) is 10.9. The number of hydrogen-bond donors (Lipinski definition) is 3. The van der Waals surface area contributed by atoms with E-state index in [1.54, 1.807) is 12.1 Å². The van der Waals surface area contributed by atoms with Gasteiger partial charge in [0.15, 0.2) is 6.29 Å². The first-order chi connectivity index (χ1) is 20.3. The van der Waals surface area contributed by atoms with Gasteiger partial charge in [-0.1, -0.05) is 30.3 Å². The fourth-order valence-corrected chi connectivity index (χ4v) is 8.11. The number of amides is 1. The number of ether oxygens (including phenoxy) is 4. The van der Waals surface area contributed by atoms with Crippen molar-refractivity contribution in [3.8, 4) is 5.75 Å². The quantitative estimate of drug-likeness (QED) is 0.332. The van der Waals surface area contributed by atoms with Crippen molar-refractivity contribution >= 4 is 16.1 Å². The van der Waals surface area contributed by atoms with Gasteiger partial charge < -0.3 is 34.7 Å². The molecule has 0 aromatic heterocycles. The fourth-order valence-electron chi connectivity index (χ4n) is 6.58. The Bertz CT molecular complexity index is 1320. The second-order valence-electron chi connectivity index (χ2n) is 11.8. The van der Waals surface area contributed by atoms with Gasteiger partial charge in [-0.15, -0.1) is 0 Å². The number of methoxy groups -OCH3 is 1. The molecule has 2 aromatic carbocycles. The number of alkyl carbamates (subject to hydrolysis) is 1. The normalized spacial score (nSPS) is 28.2. The van der Waals surface area contributed by atoms with Crippen molar-refractivity contribution < 1.29 is 37.3 Å². The van der Waals surface area contributed by atoms with E-state index >= 15 is 0 Å². The van der Waals surface area contributed by atoms with Crippen LogP contribution < -0.4 is 15.4 Å². The van der Waals surface area contributed by atoms with Gasteiger partial charge in [0.05, 0.1) is 37.4 Å². The molecule has 3 N–H and O–H groups in total. The van der Waals surface area contributed by atoms with Crippen LogP contribution in [0.25, 0.3) is 0 Å². The van der Waals surface area contributed by atoms with Crippen molar-refractivity contribution in [2.45, 2.75) is 42.3 Å². The van der Waals surface area contributed by atoms with Crippen LogP contribution in [0, 0.1) is 23.7 Å². The van der Waals surface area contributed by atoms with Crippen molar-refractivity contribution in [3.05, 3.63) is 60.2 Å². The lowest BCUT2D eigenvalue weighted by atomic mass is 9.98. The zero-order chi connectivity index (χ0) is 29.3. The molecule has 3 heterocycles. The summed E-state index contributed by atoms with van der Waals surface area (Å²) in [5, 5.41) is 17.6. The molecular formula is C30H39N3O8S. The summed E-state index contributed by atoms with van der Waals surface area (Å²) < 4.78 is 51.5. The first-order valence-electron chi connectivity index (χ1n) is 14.6. The molecule has 2 aromatic rings. The summed E-state index contributed by atoms with van der Waals surface area (Å²) in [7, 11) is -2.42. The predicted octanol–water partition coefficient (Wildman–Crippen LogP) is 1.61. The van der Waals surface area contributed by atoms with Crippen molar-refractivity contribution in [2.75, 3.05) is 46.5 Å². The molecule has 12 heteroatoms. The Morgan fingerprint density at radius 2 is 1.83 bits per heavy atom. The summed E-state index contributed by atoms with van der Waals surface area (Å²) in [6, 6.07) is 14.9. The summed E-state index contributed by atoms with van der Waals surface area (Å²) in [4.78, 5) is 13.4. The lowest BCUT2D eigenvalue weighted by molar-refractivity contribution is -0.169. The molecule has 7 atom stereocenters. The monoisotopic (exact) mass is 601 g/mol. The summed E-state index contributed by atoms with van der Waals surface area (Å²) in [5.74, 6) is 1.10. The van der Waals surface area contributed by atoms with Gasteiger partial charge in [0.25, 0.3) is 0 Å². The highest BCUT2D eigenvalue weighted by molar-refractivity contribution is 7.89. The lowest BCUT2D eigenvalue weighted by Gasteiger charge is -2.35. The SMILES string of the molecule is COc1ccc(S(=O)(=O)N(CC2CNC2)CC(O)C(Cc2ccccc2)NC(=O)OC2C3COC4OCC2C4C3)cc1. The minimum absolute atomic E-state index is 0.0898. The summed E-state index contributed by atoms with van der Waals surface area (Å²) >= 11 is 0. The second kappa shape index (κ2) is 12.5. The molecular weight excluding hydrogens is 562 g/mol. The largest absolute Gasteiger partial charge is 0.497 e. The third-order valence-electron chi connectivity index (χ3n) is 9.01. The van der Waals surface area contributed by atoms with Crippen molar-refractivity contribution in [1.82, 2.24) is 14.9 Å². The average molecular weight is 602 g/mol. The average Bonchev–Trinajstić information content (AvgIpc) is 3.51. The predicted molar refractivity (Wildman–Crippen MR) is 152 cm³/mol. The molecule has 1 amide bonds. The van der Waals surface area contributed by atoms with Gasteiger partial charge in [0.2, 0.25) is 10.0 Å². The molecule has 228 valence electrons. The van der Waals surface area contributed by atoms with Gasteiger partial charge in [0, 0.05) is 43.9 Å². The molecule has 2 bridgehead atoms. The highest BCUT2D eigenvalue weighted by Gasteiger charge is 2.56. The summed E-state index contributed by atoms with van der Waals surface area (Å²) in [6.07, 6.45) is -1.19. The van der Waals surface area contributed by atoms with Crippen LogP contribution in [0.15, 0.2) is 59.5 Å². The van der Waals surface area contributed by atoms with Crippen molar-refractivity contribution in [2.24, 2.45) is 23.7 Å². The lowest BCUT2D eigenvalue weighted by Crippen LogP contribution is -2.54. The summed E-state index contributed by atoms with van der Waals surface area (Å²) in [6.45, 7) is 2.43. The van der Waals surface area contributed by atoms with Gasteiger partial charge in [-0.3, -0.25) is 0 Å². The standard InChI is InChI=1S/C30H39N3O8S/c1-38-22-7-9-23(10-8-22)42(36,37)33(15-20-13-31-14-20)16-27(34)26(11-19-5-3-2-4-6-19)32-30(35)41-28-21-12-24-25(28)18-40-29(24)39-17-21/h2-10,20-21,24-29,31,34H,11-18H2,1H3,(H,32,35). The Morgan fingerprint density at radius 3 is 2.52 bits per heavy atom. The molecule has 1 aliphatic carbocycles. The highest BCUT2D eigenvalue weighted by Crippen LogP contribution is 2.49. The maximum atomic E-state index is 13.8. The zero-order valence-electron chi connectivity index (χ0n) is 23.6. The molecule has 3 saturated heterocycles. The Labute approximate surface area is 246 Å².